The number of aromatic nitrogens is 1. The predicted molar refractivity (Wildman–Crippen MR) is 115 cm³/mol. The number of fused-ring (bicyclic) bond motifs is 1. The molecule has 0 aliphatic carbocycles. The summed E-state index contributed by atoms with van der Waals surface area (Å²) < 4.78 is 7.44. The van der Waals surface area contributed by atoms with Crippen molar-refractivity contribution in [2.75, 3.05) is 13.7 Å². The minimum Gasteiger partial charge on any atom is -0.497 e. The topological polar surface area (TPSA) is 43.3 Å². The normalized spacial score (nSPS) is 12.3. The maximum Gasteiger partial charge on any atom is 0.220 e. The summed E-state index contributed by atoms with van der Waals surface area (Å²) in [6.45, 7) is 5.06. The zero-order valence-corrected chi connectivity index (χ0v) is 17.2. The van der Waals surface area contributed by atoms with Gasteiger partial charge in [-0.1, -0.05) is 44.2 Å². The summed E-state index contributed by atoms with van der Waals surface area (Å²) in [5.41, 5.74) is 3.48. The molecule has 0 radical (unpaired) electrons. The van der Waals surface area contributed by atoms with Gasteiger partial charge in [0.15, 0.2) is 0 Å². The van der Waals surface area contributed by atoms with Gasteiger partial charge in [0.05, 0.1) is 7.11 Å². The molecule has 3 rings (SSSR count). The number of para-hydroxylation sites is 1. The van der Waals surface area contributed by atoms with E-state index in [4.69, 9.17) is 4.74 Å². The molecular weight excluding hydrogens is 348 g/mol. The first-order chi connectivity index (χ1) is 13.5. The average molecular weight is 379 g/mol. The highest BCUT2D eigenvalue weighted by atomic mass is 16.5. The number of rotatable bonds is 8. The average Bonchev–Trinajstić information content (AvgIpc) is 3.03. The third-order valence-electron chi connectivity index (χ3n) is 5.25. The van der Waals surface area contributed by atoms with Crippen molar-refractivity contribution in [2.24, 2.45) is 13.0 Å². The number of aryl methyl sites for hydroxylation is 1. The number of hydrogen-bond acceptors (Lipinski definition) is 2. The van der Waals surface area contributed by atoms with E-state index in [-0.39, 0.29) is 11.8 Å². The van der Waals surface area contributed by atoms with Gasteiger partial charge in [-0.25, -0.2) is 0 Å². The fourth-order valence-electron chi connectivity index (χ4n) is 3.65. The summed E-state index contributed by atoms with van der Waals surface area (Å²) in [6, 6.07) is 16.4. The molecule has 1 amide bonds. The van der Waals surface area contributed by atoms with Crippen molar-refractivity contribution in [2.45, 2.75) is 32.6 Å². The van der Waals surface area contributed by atoms with E-state index in [1.807, 2.05) is 18.2 Å². The van der Waals surface area contributed by atoms with Gasteiger partial charge in [0, 0.05) is 43.0 Å². The molecule has 0 saturated carbocycles. The van der Waals surface area contributed by atoms with Crippen molar-refractivity contribution < 1.29 is 9.53 Å². The van der Waals surface area contributed by atoms with Gasteiger partial charge in [-0.3, -0.25) is 4.79 Å². The second kappa shape index (κ2) is 8.96. The van der Waals surface area contributed by atoms with Crippen LogP contribution in [0.15, 0.2) is 54.7 Å². The zero-order valence-electron chi connectivity index (χ0n) is 17.2. The molecule has 0 bridgehead atoms. The van der Waals surface area contributed by atoms with Crippen molar-refractivity contribution in [3.8, 4) is 5.75 Å². The first kappa shape index (κ1) is 20.0. The van der Waals surface area contributed by atoms with Crippen LogP contribution in [0.25, 0.3) is 10.9 Å². The van der Waals surface area contributed by atoms with Crippen molar-refractivity contribution in [1.29, 1.82) is 0 Å². The van der Waals surface area contributed by atoms with E-state index >= 15 is 0 Å². The highest BCUT2D eigenvalue weighted by Crippen LogP contribution is 2.35. The Hall–Kier alpha value is -2.75. The van der Waals surface area contributed by atoms with Crippen molar-refractivity contribution in [1.82, 2.24) is 9.88 Å². The van der Waals surface area contributed by atoms with E-state index in [0.717, 1.165) is 24.3 Å². The van der Waals surface area contributed by atoms with Crippen molar-refractivity contribution in [3.05, 3.63) is 65.9 Å². The smallest absolute Gasteiger partial charge is 0.220 e. The molecule has 0 saturated heterocycles. The highest BCUT2D eigenvalue weighted by Gasteiger charge is 2.22. The fourth-order valence-corrected chi connectivity index (χ4v) is 3.65. The van der Waals surface area contributed by atoms with E-state index in [2.05, 4.69) is 67.3 Å². The lowest BCUT2D eigenvalue weighted by molar-refractivity contribution is -0.121. The molecular formula is C24H30N2O2. The van der Waals surface area contributed by atoms with E-state index in [1.165, 1.54) is 16.5 Å². The SMILES string of the molecule is COc1ccc(C(CC(=O)NCCC(C)C)c2cn(C)c3ccccc23)cc1. The lowest BCUT2D eigenvalue weighted by Crippen LogP contribution is -2.27. The van der Waals surface area contributed by atoms with Gasteiger partial charge < -0.3 is 14.6 Å². The molecule has 2 aromatic carbocycles. The third-order valence-corrected chi connectivity index (χ3v) is 5.25. The minimum absolute atomic E-state index is 0.00365. The summed E-state index contributed by atoms with van der Waals surface area (Å²) in [5, 5.41) is 4.29. The maximum absolute atomic E-state index is 12.7. The van der Waals surface area contributed by atoms with Gasteiger partial charge in [-0.15, -0.1) is 0 Å². The predicted octanol–water partition coefficient (Wildman–Crippen LogP) is 4.87. The number of nitrogens with one attached hydrogen (secondary N) is 1. The van der Waals surface area contributed by atoms with Gasteiger partial charge in [0.1, 0.15) is 5.75 Å². The standard InChI is InChI=1S/C24H30N2O2/c1-17(2)13-14-25-24(27)15-21(18-9-11-19(28-4)12-10-18)22-16-26(3)23-8-6-5-7-20(22)23/h5-12,16-17,21H,13-15H2,1-4H3,(H,25,27). The van der Waals surface area contributed by atoms with Crippen LogP contribution in [0.3, 0.4) is 0 Å². The molecule has 1 heterocycles. The number of ether oxygens (including phenoxy) is 1. The first-order valence-electron chi connectivity index (χ1n) is 9.94. The van der Waals surface area contributed by atoms with Gasteiger partial charge in [-0.2, -0.15) is 0 Å². The second-order valence-corrected chi connectivity index (χ2v) is 7.77. The van der Waals surface area contributed by atoms with Crippen LogP contribution >= 0.6 is 0 Å². The number of methoxy groups -OCH3 is 1. The highest BCUT2D eigenvalue weighted by molar-refractivity contribution is 5.86. The molecule has 4 heteroatoms. The number of nitrogens with zero attached hydrogens (tertiary/aromatic N) is 1. The van der Waals surface area contributed by atoms with Crippen LogP contribution in [0.1, 0.15) is 43.7 Å². The zero-order chi connectivity index (χ0) is 20.1. The molecule has 0 fully saturated rings. The van der Waals surface area contributed by atoms with Crippen molar-refractivity contribution in [3.63, 3.8) is 0 Å². The van der Waals surface area contributed by atoms with Gasteiger partial charge in [0.25, 0.3) is 0 Å². The van der Waals surface area contributed by atoms with Crippen LogP contribution in [0.4, 0.5) is 0 Å². The second-order valence-electron chi connectivity index (χ2n) is 7.77. The van der Waals surface area contributed by atoms with E-state index < -0.39 is 0 Å². The third kappa shape index (κ3) is 4.56. The molecule has 4 nitrogen and oxygen atoms in total. The Morgan fingerprint density at radius 2 is 1.82 bits per heavy atom. The number of carbonyl (C=O) groups is 1. The molecule has 0 aliphatic rings. The van der Waals surface area contributed by atoms with Gasteiger partial charge >= 0.3 is 0 Å². The number of carbonyl (C=O) groups excluding carboxylic acids is 1. The van der Waals surface area contributed by atoms with Crippen LogP contribution in [-0.4, -0.2) is 24.1 Å². The monoisotopic (exact) mass is 378 g/mol. The van der Waals surface area contributed by atoms with Crippen molar-refractivity contribution >= 4 is 16.8 Å². The fraction of sp³-hybridized carbons (Fsp3) is 0.375. The van der Waals surface area contributed by atoms with E-state index in [9.17, 15) is 4.79 Å². The molecule has 1 unspecified atom stereocenters. The van der Waals surface area contributed by atoms with Gasteiger partial charge in [-0.05, 0) is 41.7 Å². The molecule has 1 aromatic heterocycles. The Bertz CT molecular complexity index is 925. The number of amides is 1. The summed E-state index contributed by atoms with van der Waals surface area (Å²) in [5.74, 6) is 1.49. The lowest BCUT2D eigenvalue weighted by atomic mass is 9.88. The Morgan fingerprint density at radius 3 is 2.50 bits per heavy atom. The minimum atomic E-state index is -0.00365. The van der Waals surface area contributed by atoms with E-state index in [0.29, 0.717) is 12.3 Å². The van der Waals surface area contributed by atoms with Crippen LogP contribution in [0, 0.1) is 5.92 Å². The van der Waals surface area contributed by atoms with Crippen LogP contribution < -0.4 is 10.1 Å². The van der Waals surface area contributed by atoms with Crippen LogP contribution in [0.2, 0.25) is 0 Å². The van der Waals surface area contributed by atoms with E-state index in [1.54, 1.807) is 7.11 Å². The Morgan fingerprint density at radius 1 is 1.11 bits per heavy atom. The quantitative estimate of drug-likeness (QED) is 0.608. The Kier molecular flexibility index (Phi) is 6.40. The Labute approximate surface area is 167 Å². The molecule has 0 spiro atoms. The van der Waals surface area contributed by atoms with Crippen LogP contribution in [0.5, 0.6) is 5.75 Å². The molecule has 28 heavy (non-hydrogen) atoms. The van der Waals surface area contributed by atoms with Crippen LogP contribution in [-0.2, 0) is 11.8 Å². The summed E-state index contributed by atoms with van der Waals surface area (Å²) in [7, 11) is 3.72. The first-order valence-corrected chi connectivity index (χ1v) is 9.94. The maximum atomic E-state index is 12.7. The molecule has 148 valence electrons. The number of hydrogen-bond donors (Lipinski definition) is 1. The number of benzene rings is 2. The summed E-state index contributed by atoms with van der Waals surface area (Å²) in [4.78, 5) is 12.7. The van der Waals surface area contributed by atoms with Gasteiger partial charge in [0.2, 0.25) is 5.91 Å². The molecule has 1 N–H and O–H groups in total. The lowest BCUT2D eigenvalue weighted by Gasteiger charge is -2.18. The molecule has 3 aromatic rings. The molecule has 1 atom stereocenters. The molecule has 0 aliphatic heterocycles. The Balaban J connectivity index is 1.93. The summed E-state index contributed by atoms with van der Waals surface area (Å²) >= 11 is 0. The summed E-state index contributed by atoms with van der Waals surface area (Å²) in [6.07, 6.45) is 3.58. The largest absolute Gasteiger partial charge is 0.497 e.